The maximum atomic E-state index is 12.2. The summed E-state index contributed by atoms with van der Waals surface area (Å²) in [5, 5.41) is 19.2. The Labute approximate surface area is 137 Å². The molecule has 0 aliphatic rings. The minimum Gasteiger partial charge on any atom is -0.506 e. The highest BCUT2D eigenvalue weighted by molar-refractivity contribution is 6.32. The summed E-state index contributed by atoms with van der Waals surface area (Å²) in [4.78, 5) is 16.5. The van der Waals surface area contributed by atoms with E-state index in [2.05, 4.69) is 20.5 Å². The maximum absolute atomic E-state index is 12.2. The molecule has 7 heteroatoms. The van der Waals surface area contributed by atoms with Crippen molar-refractivity contribution >= 4 is 23.2 Å². The molecule has 1 heterocycles. The molecule has 0 saturated heterocycles. The van der Waals surface area contributed by atoms with Gasteiger partial charge in [0, 0.05) is 16.8 Å². The van der Waals surface area contributed by atoms with Crippen LogP contribution in [0.15, 0.2) is 42.5 Å². The number of hydrogen-bond donors (Lipinski definition) is 3. The van der Waals surface area contributed by atoms with Crippen molar-refractivity contribution < 1.29 is 9.90 Å². The molecule has 3 aromatic rings. The summed E-state index contributed by atoms with van der Waals surface area (Å²) in [6.45, 7) is 1.82. The van der Waals surface area contributed by atoms with Crippen LogP contribution in [-0.4, -0.2) is 26.2 Å². The van der Waals surface area contributed by atoms with Crippen LogP contribution in [0, 0.1) is 6.92 Å². The summed E-state index contributed by atoms with van der Waals surface area (Å²) < 4.78 is 0. The van der Waals surface area contributed by atoms with Crippen molar-refractivity contribution in [3.63, 3.8) is 0 Å². The molecule has 0 saturated carbocycles. The highest BCUT2D eigenvalue weighted by Gasteiger charge is 2.10. The van der Waals surface area contributed by atoms with E-state index < -0.39 is 0 Å². The first-order valence-electron chi connectivity index (χ1n) is 6.82. The van der Waals surface area contributed by atoms with Gasteiger partial charge in [-0.2, -0.15) is 5.10 Å². The Hall–Kier alpha value is -2.86. The average molecular weight is 329 g/mol. The van der Waals surface area contributed by atoms with Crippen molar-refractivity contribution in [2.24, 2.45) is 0 Å². The first kappa shape index (κ1) is 15.1. The van der Waals surface area contributed by atoms with Crippen molar-refractivity contribution in [1.29, 1.82) is 0 Å². The molecule has 0 aliphatic heterocycles. The van der Waals surface area contributed by atoms with E-state index in [4.69, 9.17) is 11.6 Å². The predicted octanol–water partition coefficient (Wildman–Crippen LogP) is 3.39. The van der Waals surface area contributed by atoms with Crippen molar-refractivity contribution in [3.8, 4) is 17.1 Å². The summed E-state index contributed by atoms with van der Waals surface area (Å²) >= 11 is 5.82. The second-order valence-electron chi connectivity index (χ2n) is 4.95. The number of phenols is 1. The zero-order valence-electron chi connectivity index (χ0n) is 12.2. The molecule has 0 atom stereocenters. The summed E-state index contributed by atoms with van der Waals surface area (Å²) in [6, 6.07) is 11.5. The number of aryl methyl sites for hydroxylation is 1. The lowest BCUT2D eigenvalue weighted by molar-refractivity contribution is 0.102. The predicted molar refractivity (Wildman–Crippen MR) is 87.6 cm³/mol. The number of carbonyl (C=O) groups is 1. The molecular formula is C16H13ClN4O2. The van der Waals surface area contributed by atoms with Crippen molar-refractivity contribution in [3.05, 3.63) is 58.9 Å². The Morgan fingerprint density at radius 1 is 1.26 bits per heavy atom. The number of rotatable bonds is 3. The zero-order chi connectivity index (χ0) is 16.4. The zero-order valence-corrected chi connectivity index (χ0v) is 12.9. The third-order valence-corrected chi connectivity index (χ3v) is 3.49. The van der Waals surface area contributed by atoms with Gasteiger partial charge < -0.3 is 10.4 Å². The van der Waals surface area contributed by atoms with Gasteiger partial charge >= 0.3 is 0 Å². The van der Waals surface area contributed by atoms with Crippen molar-refractivity contribution in [2.75, 3.05) is 5.32 Å². The van der Waals surface area contributed by atoms with E-state index in [1.807, 2.05) is 13.0 Å². The number of phenolic OH excluding ortho intramolecular Hbond substituents is 1. The number of nitrogens with one attached hydrogen (secondary N) is 2. The van der Waals surface area contributed by atoms with Crippen LogP contribution >= 0.6 is 11.6 Å². The number of amides is 1. The smallest absolute Gasteiger partial charge is 0.255 e. The molecule has 0 unspecified atom stereocenters. The summed E-state index contributed by atoms with van der Waals surface area (Å²) in [5.74, 6) is 0.889. The van der Waals surface area contributed by atoms with Crippen LogP contribution in [0.3, 0.4) is 0 Å². The van der Waals surface area contributed by atoms with Gasteiger partial charge in [0.1, 0.15) is 11.6 Å². The fourth-order valence-corrected chi connectivity index (χ4v) is 2.24. The maximum Gasteiger partial charge on any atom is 0.255 e. The fourth-order valence-electron chi connectivity index (χ4n) is 2.06. The molecule has 1 aromatic heterocycles. The number of carbonyl (C=O) groups excluding carboxylic acids is 1. The van der Waals surface area contributed by atoms with Gasteiger partial charge in [0.05, 0.1) is 5.02 Å². The molecule has 1 amide bonds. The van der Waals surface area contributed by atoms with E-state index in [9.17, 15) is 9.90 Å². The van der Waals surface area contributed by atoms with Gasteiger partial charge in [0.15, 0.2) is 5.82 Å². The molecule has 0 bridgehead atoms. The summed E-state index contributed by atoms with van der Waals surface area (Å²) in [7, 11) is 0. The average Bonchev–Trinajstić information content (AvgIpc) is 2.97. The molecule has 0 fully saturated rings. The fraction of sp³-hybridized carbons (Fsp3) is 0.0625. The lowest BCUT2D eigenvalue weighted by Crippen LogP contribution is -2.11. The van der Waals surface area contributed by atoms with Crippen LogP contribution in [-0.2, 0) is 0 Å². The minimum atomic E-state index is -0.324. The molecule has 116 valence electrons. The van der Waals surface area contributed by atoms with E-state index in [1.54, 1.807) is 18.2 Å². The topological polar surface area (TPSA) is 90.9 Å². The van der Waals surface area contributed by atoms with E-state index >= 15 is 0 Å². The number of aromatic nitrogens is 3. The number of aromatic amines is 1. The number of anilines is 1. The van der Waals surface area contributed by atoms with E-state index in [0.29, 0.717) is 22.9 Å². The van der Waals surface area contributed by atoms with Crippen LogP contribution in [0.4, 0.5) is 5.69 Å². The van der Waals surface area contributed by atoms with Gasteiger partial charge in [-0.1, -0.05) is 23.7 Å². The molecule has 3 N–H and O–H groups in total. The van der Waals surface area contributed by atoms with Gasteiger partial charge in [-0.25, -0.2) is 4.98 Å². The third kappa shape index (κ3) is 3.32. The van der Waals surface area contributed by atoms with Gasteiger partial charge in [0.2, 0.25) is 0 Å². The lowest BCUT2D eigenvalue weighted by atomic mass is 10.1. The number of halogens is 1. The normalized spacial score (nSPS) is 10.5. The molecule has 0 aliphatic carbocycles. The molecule has 6 nitrogen and oxygen atoms in total. The molecule has 2 aromatic carbocycles. The quantitative estimate of drug-likeness (QED) is 0.687. The van der Waals surface area contributed by atoms with Gasteiger partial charge in [-0.05, 0) is 37.3 Å². The highest BCUT2D eigenvalue weighted by Crippen LogP contribution is 2.24. The van der Waals surface area contributed by atoms with Crippen LogP contribution < -0.4 is 5.32 Å². The van der Waals surface area contributed by atoms with Crippen molar-refractivity contribution in [1.82, 2.24) is 15.2 Å². The molecule has 0 radical (unpaired) electrons. The van der Waals surface area contributed by atoms with Crippen LogP contribution in [0.5, 0.6) is 5.75 Å². The first-order valence-corrected chi connectivity index (χ1v) is 7.20. The second kappa shape index (κ2) is 6.10. The van der Waals surface area contributed by atoms with Crippen molar-refractivity contribution in [2.45, 2.75) is 6.92 Å². The van der Waals surface area contributed by atoms with E-state index in [1.165, 1.54) is 18.2 Å². The van der Waals surface area contributed by atoms with Gasteiger partial charge in [-0.15, -0.1) is 0 Å². The Morgan fingerprint density at radius 2 is 2.09 bits per heavy atom. The molecule has 23 heavy (non-hydrogen) atoms. The largest absolute Gasteiger partial charge is 0.506 e. The monoisotopic (exact) mass is 328 g/mol. The number of aromatic hydroxyl groups is 1. The SMILES string of the molecule is Cc1nc(-c2cccc(NC(=O)c3ccc(O)c(Cl)c3)c2)n[nH]1. The van der Waals surface area contributed by atoms with Gasteiger partial charge in [-0.3, -0.25) is 9.89 Å². The summed E-state index contributed by atoms with van der Waals surface area (Å²) in [5.41, 5.74) is 1.75. The number of benzene rings is 2. The standard InChI is InChI=1S/C16H13ClN4O2/c1-9-18-15(21-20-9)10-3-2-4-12(7-10)19-16(23)11-5-6-14(22)13(17)8-11/h2-8,22H,1H3,(H,19,23)(H,18,20,21). The van der Waals surface area contributed by atoms with Crippen LogP contribution in [0.25, 0.3) is 11.4 Å². The Morgan fingerprint density at radius 3 is 2.78 bits per heavy atom. The summed E-state index contributed by atoms with van der Waals surface area (Å²) in [6.07, 6.45) is 0. The van der Waals surface area contributed by atoms with E-state index in [-0.39, 0.29) is 16.7 Å². The highest BCUT2D eigenvalue weighted by atomic mass is 35.5. The number of nitrogens with zero attached hydrogens (tertiary/aromatic N) is 2. The minimum absolute atomic E-state index is 0.0646. The van der Waals surface area contributed by atoms with Gasteiger partial charge in [0.25, 0.3) is 5.91 Å². The first-order chi connectivity index (χ1) is 11.0. The second-order valence-corrected chi connectivity index (χ2v) is 5.35. The number of H-pyrrole nitrogens is 1. The molecular weight excluding hydrogens is 316 g/mol. The third-order valence-electron chi connectivity index (χ3n) is 3.19. The Balaban J connectivity index is 1.82. The lowest BCUT2D eigenvalue weighted by Gasteiger charge is -2.07. The molecule has 0 spiro atoms. The van der Waals surface area contributed by atoms with E-state index in [0.717, 1.165) is 5.56 Å². The Kier molecular flexibility index (Phi) is 3.99. The Bertz CT molecular complexity index is 876. The van der Waals surface area contributed by atoms with Crippen LogP contribution in [0.2, 0.25) is 5.02 Å². The van der Waals surface area contributed by atoms with Crippen LogP contribution in [0.1, 0.15) is 16.2 Å². The number of hydrogen-bond acceptors (Lipinski definition) is 4. The molecule has 3 rings (SSSR count).